The number of hydrogen-bond acceptors (Lipinski definition) is 4. The van der Waals surface area contributed by atoms with E-state index in [1.165, 1.54) is 0 Å². The lowest BCUT2D eigenvalue weighted by Crippen LogP contribution is -2.51. The molecule has 0 aromatic heterocycles. The van der Waals surface area contributed by atoms with Crippen LogP contribution in [-0.4, -0.2) is 71.7 Å². The molecule has 0 spiro atoms. The molecule has 19 heavy (non-hydrogen) atoms. The van der Waals surface area contributed by atoms with Crippen LogP contribution in [0.5, 0.6) is 0 Å². The van der Waals surface area contributed by atoms with Gasteiger partial charge in [-0.1, -0.05) is 0 Å². The summed E-state index contributed by atoms with van der Waals surface area (Å²) in [5.74, 6) is -0.795. The highest BCUT2D eigenvalue weighted by molar-refractivity contribution is 5.78. The number of carbonyl (C=O) groups is 2. The normalized spacial score (nSPS) is 16.7. The number of nitrogens with zero attached hydrogens (tertiary/aromatic N) is 2. The van der Waals surface area contributed by atoms with Gasteiger partial charge in [-0.15, -0.1) is 0 Å². The number of morpholine rings is 1. The molecule has 0 aliphatic carbocycles. The van der Waals surface area contributed by atoms with Crippen LogP contribution in [0.1, 0.15) is 27.2 Å². The maximum absolute atomic E-state index is 12.2. The molecule has 1 N–H and O–H groups in total. The Balaban J connectivity index is 2.55. The van der Waals surface area contributed by atoms with Gasteiger partial charge >= 0.3 is 5.97 Å². The first kappa shape index (κ1) is 15.9. The van der Waals surface area contributed by atoms with Crippen LogP contribution in [-0.2, 0) is 14.3 Å². The second kappa shape index (κ2) is 6.86. The minimum Gasteiger partial charge on any atom is -0.481 e. The Hall–Kier alpha value is -1.14. The van der Waals surface area contributed by atoms with Crippen molar-refractivity contribution in [2.24, 2.45) is 0 Å². The van der Waals surface area contributed by atoms with Crippen LogP contribution < -0.4 is 0 Å². The van der Waals surface area contributed by atoms with Gasteiger partial charge in [0.05, 0.1) is 26.2 Å². The van der Waals surface area contributed by atoms with E-state index in [2.05, 4.69) is 0 Å². The number of carboxylic acids is 1. The van der Waals surface area contributed by atoms with Gasteiger partial charge in [0.15, 0.2) is 0 Å². The summed E-state index contributed by atoms with van der Waals surface area (Å²) in [5.41, 5.74) is -0.225. The fraction of sp³-hybridized carbons (Fsp3) is 0.846. The number of ether oxygens (including phenoxy) is 1. The van der Waals surface area contributed by atoms with E-state index in [-0.39, 0.29) is 24.4 Å². The number of hydrogen-bond donors (Lipinski definition) is 1. The SMILES string of the molecule is CC(C)(C)N(CCC(=O)O)CC(=O)N1CCOCC1. The van der Waals surface area contributed by atoms with Crippen molar-refractivity contribution in [3.05, 3.63) is 0 Å². The molecule has 0 radical (unpaired) electrons. The largest absolute Gasteiger partial charge is 0.481 e. The van der Waals surface area contributed by atoms with Crippen LogP contribution in [0.15, 0.2) is 0 Å². The Morgan fingerprint density at radius 2 is 1.84 bits per heavy atom. The molecule has 1 aliphatic heterocycles. The van der Waals surface area contributed by atoms with E-state index < -0.39 is 5.97 Å². The molecule has 1 rings (SSSR count). The van der Waals surface area contributed by atoms with Crippen molar-refractivity contribution in [3.8, 4) is 0 Å². The van der Waals surface area contributed by atoms with Crippen LogP contribution in [0.2, 0.25) is 0 Å². The average molecular weight is 272 g/mol. The molecule has 0 saturated carbocycles. The summed E-state index contributed by atoms with van der Waals surface area (Å²) in [6, 6.07) is 0. The van der Waals surface area contributed by atoms with Gasteiger partial charge < -0.3 is 14.7 Å². The smallest absolute Gasteiger partial charge is 0.304 e. The molecule has 1 heterocycles. The van der Waals surface area contributed by atoms with Gasteiger partial charge in [-0.3, -0.25) is 14.5 Å². The van der Waals surface area contributed by atoms with Gasteiger partial charge in [-0.25, -0.2) is 0 Å². The lowest BCUT2D eigenvalue weighted by atomic mass is 10.1. The van der Waals surface area contributed by atoms with Crippen LogP contribution in [0.3, 0.4) is 0 Å². The summed E-state index contributed by atoms with van der Waals surface area (Å²) in [4.78, 5) is 26.6. The zero-order valence-corrected chi connectivity index (χ0v) is 12.0. The highest BCUT2D eigenvalue weighted by atomic mass is 16.5. The molecule has 0 unspecified atom stereocenters. The van der Waals surface area contributed by atoms with Gasteiger partial charge in [0, 0.05) is 25.2 Å². The van der Waals surface area contributed by atoms with E-state index >= 15 is 0 Å². The summed E-state index contributed by atoms with van der Waals surface area (Å²) < 4.78 is 5.22. The molecule has 0 aromatic carbocycles. The fourth-order valence-corrected chi connectivity index (χ4v) is 1.96. The van der Waals surface area contributed by atoms with Crippen molar-refractivity contribution >= 4 is 11.9 Å². The van der Waals surface area contributed by atoms with Crippen LogP contribution in [0, 0.1) is 0 Å². The maximum atomic E-state index is 12.2. The quantitative estimate of drug-likeness (QED) is 0.785. The summed E-state index contributed by atoms with van der Waals surface area (Å²) in [6.07, 6.45) is 0.0493. The standard InChI is InChI=1S/C13H24N2O4/c1-13(2,3)15(5-4-12(17)18)10-11(16)14-6-8-19-9-7-14/h4-10H2,1-3H3,(H,17,18). The van der Waals surface area contributed by atoms with Crippen molar-refractivity contribution in [2.45, 2.75) is 32.7 Å². The predicted molar refractivity (Wildman–Crippen MR) is 71.0 cm³/mol. The number of aliphatic carboxylic acids is 1. The van der Waals surface area contributed by atoms with E-state index in [1.807, 2.05) is 25.7 Å². The van der Waals surface area contributed by atoms with Crippen LogP contribution in [0.4, 0.5) is 0 Å². The van der Waals surface area contributed by atoms with Crippen LogP contribution >= 0.6 is 0 Å². The van der Waals surface area contributed by atoms with Gasteiger partial charge in [-0.05, 0) is 20.8 Å². The van der Waals surface area contributed by atoms with E-state index in [1.54, 1.807) is 4.90 Å². The Kier molecular flexibility index (Phi) is 5.75. The van der Waals surface area contributed by atoms with Gasteiger partial charge in [0.1, 0.15) is 0 Å². The van der Waals surface area contributed by atoms with E-state index in [9.17, 15) is 9.59 Å². The molecular weight excluding hydrogens is 248 g/mol. The third-order valence-corrected chi connectivity index (χ3v) is 3.23. The zero-order valence-electron chi connectivity index (χ0n) is 12.0. The summed E-state index contributed by atoms with van der Waals surface area (Å²) in [7, 11) is 0. The Bertz CT molecular complexity index is 319. The highest BCUT2D eigenvalue weighted by Crippen LogP contribution is 2.14. The number of carbonyl (C=O) groups excluding carboxylic acids is 1. The maximum Gasteiger partial charge on any atom is 0.304 e. The van der Waals surface area contributed by atoms with Gasteiger partial charge in [-0.2, -0.15) is 0 Å². The lowest BCUT2D eigenvalue weighted by molar-refractivity contribution is -0.141. The molecule has 1 amide bonds. The zero-order chi connectivity index (χ0) is 14.5. The van der Waals surface area contributed by atoms with Gasteiger partial charge in [0.2, 0.25) is 5.91 Å². The molecule has 1 aliphatic rings. The van der Waals surface area contributed by atoms with Crippen molar-refractivity contribution in [3.63, 3.8) is 0 Å². The first-order valence-corrected chi connectivity index (χ1v) is 6.63. The van der Waals surface area contributed by atoms with Crippen molar-refractivity contribution in [1.29, 1.82) is 0 Å². The lowest BCUT2D eigenvalue weighted by Gasteiger charge is -2.37. The first-order chi connectivity index (χ1) is 8.80. The minimum absolute atomic E-state index is 0.0450. The van der Waals surface area contributed by atoms with E-state index in [0.29, 0.717) is 32.8 Å². The van der Waals surface area contributed by atoms with E-state index in [0.717, 1.165) is 0 Å². The topological polar surface area (TPSA) is 70.1 Å². The number of rotatable bonds is 5. The molecule has 6 nitrogen and oxygen atoms in total. The highest BCUT2D eigenvalue weighted by Gasteiger charge is 2.26. The van der Waals surface area contributed by atoms with Crippen molar-refractivity contribution in [1.82, 2.24) is 9.80 Å². The minimum atomic E-state index is -0.840. The fourth-order valence-electron chi connectivity index (χ4n) is 1.96. The number of amides is 1. The molecule has 0 atom stereocenters. The van der Waals surface area contributed by atoms with Crippen molar-refractivity contribution < 1.29 is 19.4 Å². The third kappa shape index (κ3) is 5.57. The Morgan fingerprint density at radius 1 is 1.26 bits per heavy atom. The molecule has 1 saturated heterocycles. The molecule has 0 aromatic rings. The Morgan fingerprint density at radius 3 is 2.32 bits per heavy atom. The molecular formula is C13H24N2O4. The summed E-state index contributed by atoms with van der Waals surface area (Å²) in [6.45, 7) is 9.01. The predicted octanol–water partition coefficient (Wildman–Crippen LogP) is 0.420. The Labute approximate surface area is 114 Å². The molecule has 1 fully saturated rings. The van der Waals surface area contributed by atoms with Crippen molar-refractivity contribution in [2.75, 3.05) is 39.4 Å². The molecule has 0 bridgehead atoms. The monoisotopic (exact) mass is 272 g/mol. The van der Waals surface area contributed by atoms with Crippen LogP contribution in [0.25, 0.3) is 0 Å². The number of carboxylic acid groups (broad SMARTS) is 1. The third-order valence-electron chi connectivity index (χ3n) is 3.23. The summed E-state index contributed by atoms with van der Waals surface area (Å²) >= 11 is 0. The van der Waals surface area contributed by atoms with E-state index in [4.69, 9.17) is 9.84 Å². The molecule has 110 valence electrons. The molecule has 6 heteroatoms. The second-order valence-corrected chi connectivity index (χ2v) is 5.73. The average Bonchev–Trinajstić information content (AvgIpc) is 2.33. The second-order valence-electron chi connectivity index (χ2n) is 5.73. The van der Waals surface area contributed by atoms with Gasteiger partial charge in [0.25, 0.3) is 0 Å². The first-order valence-electron chi connectivity index (χ1n) is 6.63. The summed E-state index contributed by atoms with van der Waals surface area (Å²) in [5, 5.41) is 8.77.